The highest BCUT2D eigenvalue weighted by atomic mass is 31.3. The maximum absolute atomic E-state index is 12.1. The van der Waals surface area contributed by atoms with E-state index in [0.717, 1.165) is 0 Å². The summed E-state index contributed by atoms with van der Waals surface area (Å²) in [6, 6.07) is 0. The lowest BCUT2D eigenvalue weighted by Gasteiger charge is -2.20. The predicted octanol–water partition coefficient (Wildman–Crippen LogP) is -1.51. The van der Waals surface area contributed by atoms with Gasteiger partial charge >= 0.3 is 15.6 Å². The number of aryl methyl sites for hydroxylation is 1. The van der Waals surface area contributed by atoms with E-state index >= 15 is 0 Å². The molecule has 204 valence electrons. The van der Waals surface area contributed by atoms with Crippen LogP contribution in [0.3, 0.4) is 0 Å². The van der Waals surface area contributed by atoms with Crippen LogP contribution in [0.15, 0.2) is 11.1 Å². The first-order chi connectivity index (χ1) is 17.3. The molecule has 0 fully saturated rings. The highest BCUT2D eigenvalue weighted by Gasteiger charge is 2.37. The minimum Gasteiger partial charge on any atom is -0.396 e. The molecule has 0 aromatic carbocycles. The van der Waals surface area contributed by atoms with Crippen molar-refractivity contribution in [1.29, 1.82) is 0 Å². The summed E-state index contributed by atoms with van der Waals surface area (Å²) in [6.07, 6.45) is 0.264. The van der Waals surface area contributed by atoms with E-state index in [9.17, 15) is 48.0 Å². The smallest absolute Gasteiger partial charge is 0.396 e. The molecule has 4 atom stereocenters. The number of nitrogen functional groups attached to an aromatic ring is 1. The SMILES string of the molecule is Nc1nc2c(ncn2CC[C@H](CO)COP(=O)(O)OP(=O)(O)OCC(CC(=O)C=O)C(=O)C=O)c(=O)[nH]1. The number of aromatic amines is 1. The van der Waals surface area contributed by atoms with Crippen LogP contribution in [0, 0.1) is 11.8 Å². The highest BCUT2D eigenvalue weighted by Crippen LogP contribution is 2.60. The van der Waals surface area contributed by atoms with Gasteiger partial charge in [-0.2, -0.15) is 9.29 Å². The number of carbonyl (C=O) groups is 4. The van der Waals surface area contributed by atoms with Crippen molar-refractivity contribution >= 4 is 56.9 Å². The van der Waals surface area contributed by atoms with E-state index < -0.39 is 70.8 Å². The van der Waals surface area contributed by atoms with E-state index in [4.69, 9.17) is 5.73 Å². The van der Waals surface area contributed by atoms with Gasteiger partial charge in [-0.15, -0.1) is 0 Å². The van der Waals surface area contributed by atoms with Gasteiger partial charge in [-0.25, -0.2) is 14.1 Å². The number of nitrogens with zero attached hydrogens (tertiary/aromatic N) is 3. The summed E-state index contributed by atoms with van der Waals surface area (Å²) < 4.78 is 38.7. The lowest BCUT2D eigenvalue weighted by molar-refractivity contribution is -0.136. The van der Waals surface area contributed by atoms with Gasteiger partial charge in [-0.1, -0.05) is 0 Å². The Morgan fingerprint density at radius 1 is 1.16 bits per heavy atom. The Hall–Kier alpha value is -2.95. The van der Waals surface area contributed by atoms with Crippen molar-refractivity contribution in [3.8, 4) is 0 Å². The summed E-state index contributed by atoms with van der Waals surface area (Å²) in [5.74, 6) is -4.89. The summed E-state index contributed by atoms with van der Waals surface area (Å²) >= 11 is 0. The normalized spacial score (nSPS) is 16.4. The lowest BCUT2D eigenvalue weighted by atomic mass is 10.00. The number of Topliss-reactive ketones (excluding diaryl/α,β-unsaturated/α-hetero) is 2. The molecule has 0 bridgehead atoms. The van der Waals surface area contributed by atoms with E-state index in [1.807, 2.05) is 0 Å². The summed E-state index contributed by atoms with van der Waals surface area (Å²) in [5.41, 5.74) is 5.13. The fourth-order valence-electron chi connectivity index (χ4n) is 2.87. The molecule has 0 amide bonds. The Morgan fingerprint density at radius 2 is 1.81 bits per heavy atom. The van der Waals surface area contributed by atoms with E-state index in [-0.39, 0.29) is 42.7 Å². The number of nitrogens with two attached hydrogens (primary N) is 1. The monoisotopic (exact) mass is 567 g/mol. The molecule has 0 aliphatic rings. The molecule has 0 saturated carbocycles. The van der Waals surface area contributed by atoms with Crippen LogP contribution in [-0.4, -0.2) is 78.4 Å². The number of H-pyrrole nitrogens is 1. The Balaban J connectivity index is 1.94. The number of aliphatic hydroxyl groups is 1. The number of phosphoric acid groups is 2. The number of hydrogen-bond acceptors (Lipinski definition) is 14. The van der Waals surface area contributed by atoms with Crippen LogP contribution in [0.5, 0.6) is 0 Å². The van der Waals surface area contributed by atoms with Gasteiger partial charge in [-0.05, 0) is 6.42 Å². The second-order valence-electron chi connectivity index (χ2n) is 7.51. The molecular weight excluding hydrogens is 544 g/mol. The van der Waals surface area contributed by atoms with E-state index in [2.05, 4.69) is 28.3 Å². The van der Waals surface area contributed by atoms with E-state index in [1.165, 1.54) is 10.9 Å². The number of aliphatic hydroxyl groups excluding tert-OH is 1. The molecule has 0 spiro atoms. The van der Waals surface area contributed by atoms with Gasteiger partial charge in [-0.3, -0.25) is 38.0 Å². The van der Waals surface area contributed by atoms with Gasteiger partial charge in [0.15, 0.2) is 29.5 Å². The van der Waals surface area contributed by atoms with Crippen molar-refractivity contribution in [2.45, 2.75) is 19.4 Å². The van der Waals surface area contributed by atoms with Crippen molar-refractivity contribution in [1.82, 2.24) is 19.5 Å². The first-order valence-corrected chi connectivity index (χ1v) is 13.2. The molecule has 2 aromatic heterocycles. The number of nitrogens with one attached hydrogen (secondary N) is 1. The van der Waals surface area contributed by atoms with Crippen molar-refractivity contribution in [2.24, 2.45) is 11.8 Å². The number of aromatic nitrogens is 4. The molecule has 0 radical (unpaired) electrons. The van der Waals surface area contributed by atoms with Crippen molar-refractivity contribution in [2.75, 3.05) is 25.6 Å². The van der Waals surface area contributed by atoms with Crippen LogP contribution in [0.4, 0.5) is 5.95 Å². The molecule has 0 saturated heterocycles. The maximum Gasteiger partial charge on any atom is 0.481 e. The third-order valence-corrected chi connectivity index (χ3v) is 7.35. The van der Waals surface area contributed by atoms with E-state index in [0.29, 0.717) is 0 Å². The number of carbonyl (C=O) groups excluding carboxylic acids is 4. The Bertz CT molecular complexity index is 1310. The third kappa shape index (κ3) is 9.14. The fraction of sp³-hybridized carbons (Fsp3) is 0.471. The molecule has 2 heterocycles. The number of fused-ring (bicyclic) bond motifs is 1. The first-order valence-electron chi connectivity index (χ1n) is 10.2. The number of rotatable bonds is 17. The van der Waals surface area contributed by atoms with Crippen LogP contribution < -0.4 is 11.3 Å². The molecule has 0 aliphatic heterocycles. The van der Waals surface area contributed by atoms with Crippen LogP contribution in [0.1, 0.15) is 12.8 Å². The lowest BCUT2D eigenvalue weighted by Crippen LogP contribution is -2.24. The van der Waals surface area contributed by atoms with Gasteiger partial charge in [0.1, 0.15) is 0 Å². The molecule has 2 aromatic rings. The number of ketones is 2. The standard InChI is InChI=1S/C17H23N5O13P2/c18-17-20-15-14(16(28)21-17)19-9-22(15)2-1-10(4-23)7-33-36(29,30)35-37(31,32)34-8-11(13(27)6-25)3-12(26)5-24/h5-6,9-11,23H,1-4,7-8H2,(H,29,30)(H,31,32)(H3,18,20,21,28)/t10-,11?/m1/s1. The second kappa shape index (κ2) is 13.0. The van der Waals surface area contributed by atoms with Gasteiger partial charge in [0.05, 0.1) is 25.5 Å². The van der Waals surface area contributed by atoms with Crippen LogP contribution in [-0.2, 0) is 48.2 Å². The minimum absolute atomic E-state index is 0.0190. The number of phosphoric ester groups is 2. The first kappa shape index (κ1) is 30.3. The zero-order chi connectivity index (χ0) is 27.8. The molecule has 6 N–H and O–H groups in total. The van der Waals surface area contributed by atoms with Crippen molar-refractivity contribution < 1.29 is 56.6 Å². The van der Waals surface area contributed by atoms with Crippen molar-refractivity contribution in [3.05, 3.63) is 16.7 Å². The number of hydrogen-bond donors (Lipinski definition) is 5. The zero-order valence-electron chi connectivity index (χ0n) is 18.9. The molecule has 2 rings (SSSR count). The summed E-state index contributed by atoms with van der Waals surface area (Å²) in [5, 5.41) is 9.55. The summed E-state index contributed by atoms with van der Waals surface area (Å²) in [4.78, 5) is 85.2. The Kier molecular flexibility index (Phi) is 10.7. The van der Waals surface area contributed by atoms with Gasteiger partial charge in [0, 0.05) is 25.5 Å². The summed E-state index contributed by atoms with van der Waals surface area (Å²) in [7, 11) is -10.6. The minimum atomic E-state index is -5.36. The Morgan fingerprint density at radius 3 is 2.41 bits per heavy atom. The third-order valence-electron chi connectivity index (χ3n) is 4.75. The van der Waals surface area contributed by atoms with Gasteiger partial charge in [0.2, 0.25) is 11.7 Å². The quantitative estimate of drug-likeness (QED) is 0.0825. The molecule has 0 aliphatic carbocycles. The number of anilines is 1. The van der Waals surface area contributed by atoms with Gasteiger partial charge in [0.25, 0.3) is 5.56 Å². The maximum atomic E-state index is 12.1. The zero-order valence-corrected chi connectivity index (χ0v) is 20.7. The molecule has 20 heteroatoms. The molecule has 3 unspecified atom stereocenters. The second-order valence-corrected chi connectivity index (χ2v) is 10.6. The number of aldehydes is 2. The fourth-order valence-corrected chi connectivity index (χ4v) is 5.06. The van der Waals surface area contributed by atoms with Crippen LogP contribution in [0.25, 0.3) is 11.2 Å². The van der Waals surface area contributed by atoms with Crippen LogP contribution >= 0.6 is 15.6 Å². The van der Waals surface area contributed by atoms with E-state index in [1.54, 1.807) is 0 Å². The van der Waals surface area contributed by atoms with Crippen LogP contribution in [0.2, 0.25) is 0 Å². The Labute approximate surface area is 207 Å². The molecule has 37 heavy (non-hydrogen) atoms. The topological polar surface area (TPSA) is 280 Å². The highest BCUT2D eigenvalue weighted by molar-refractivity contribution is 7.61. The largest absolute Gasteiger partial charge is 0.481 e. The molecular formula is C17H23N5O13P2. The average Bonchev–Trinajstić information content (AvgIpc) is 3.23. The predicted molar refractivity (Wildman–Crippen MR) is 121 cm³/mol. The average molecular weight is 567 g/mol. The van der Waals surface area contributed by atoms with Gasteiger partial charge < -0.3 is 25.2 Å². The summed E-state index contributed by atoms with van der Waals surface area (Å²) in [6.45, 7) is -2.13. The molecule has 18 nitrogen and oxygen atoms in total. The number of imidazole rings is 1. The van der Waals surface area contributed by atoms with Crippen molar-refractivity contribution in [3.63, 3.8) is 0 Å².